The van der Waals surface area contributed by atoms with E-state index in [1.54, 1.807) is 0 Å². The summed E-state index contributed by atoms with van der Waals surface area (Å²) in [7, 11) is 0. The Kier molecular flexibility index (Phi) is 7.53. The van der Waals surface area contributed by atoms with E-state index in [-0.39, 0.29) is 0 Å². The zero-order chi connectivity index (χ0) is 37.0. The number of anilines is 3. The highest BCUT2D eigenvalue weighted by molar-refractivity contribution is 6.38. The van der Waals surface area contributed by atoms with Gasteiger partial charge in [0.2, 0.25) is 0 Å². The summed E-state index contributed by atoms with van der Waals surface area (Å²) in [5.74, 6) is 0. The van der Waals surface area contributed by atoms with Crippen LogP contribution in [0.1, 0.15) is 0 Å². The Hall–Kier alpha value is -7.42. The summed E-state index contributed by atoms with van der Waals surface area (Å²) >= 11 is 0. The highest BCUT2D eigenvalue weighted by atomic mass is 15.1. The molecule has 2 nitrogen and oxygen atoms in total. The lowest BCUT2D eigenvalue weighted by Gasteiger charge is -2.28. The third-order valence-corrected chi connectivity index (χ3v) is 11.3. The van der Waals surface area contributed by atoms with Crippen molar-refractivity contribution in [2.24, 2.45) is 0 Å². The third kappa shape index (κ3) is 5.11. The first-order chi connectivity index (χ1) is 27.8. The van der Waals surface area contributed by atoms with Crippen molar-refractivity contribution in [1.29, 1.82) is 0 Å². The van der Waals surface area contributed by atoms with Crippen LogP contribution in [0.15, 0.2) is 218 Å². The smallest absolute Gasteiger partial charge is 0.0626 e. The molecule has 11 rings (SSSR count). The lowest BCUT2D eigenvalue weighted by Crippen LogP contribution is -2.10. The first-order valence-electron chi connectivity index (χ1n) is 19.3. The van der Waals surface area contributed by atoms with E-state index in [1.807, 2.05) is 0 Å². The van der Waals surface area contributed by atoms with Gasteiger partial charge in [0.1, 0.15) is 0 Å². The molecule has 56 heavy (non-hydrogen) atoms. The van der Waals surface area contributed by atoms with Gasteiger partial charge in [-0.3, -0.25) is 0 Å². The van der Waals surface area contributed by atoms with Gasteiger partial charge in [-0.2, -0.15) is 0 Å². The number of para-hydroxylation sites is 2. The maximum atomic E-state index is 2.46. The highest BCUT2D eigenvalue weighted by Crippen LogP contribution is 2.49. The fourth-order valence-corrected chi connectivity index (χ4v) is 8.84. The van der Waals surface area contributed by atoms with Crippen LogP contribution in [0, 0.1) is 0 Å². The van der Waals surface area contributed by atoms with Gasteiger partial charge < -0.3 is 9.47 Å². The minimum absolute atomic E-state index is 1.10. The highest BCUT2D eigenvalue weighted by Gasteiger charge is 2.24. The van der Waals surface area contributed by atoms with Crippen molar-refractivity contribution in [2.75, 3.05) is 4.90 Å². The quantitative estimate of drug-likeness (QED) is 0.156. The summed E-state index contributed by atoms with van der Waals surface area (Å²) in [6.45, 7) is 0. The summed E-state index contributed by atoms with van der Waals surface area (Å²) in [6.07, 6.45) is 0. The molecule has 10 aromatic carbocycles. The first-order valence-corrected chi connectivity index (χ1v) is 19.3. The monoisotopic (exact) mass is 712 g/mol. The molecule has 0 fully saturated rings. The minimum Gasteiger partial charge on any atom is -0.310 e. The Labute approximate surface area is 325 Å². The number of nitrogens with zero attached hydrogens (tertiary/aromatic N) is 2. The molecule has 0 aliphatic carbocycles. The molecule has 2 heteroatoms. The predicted molar refractivity (Wildman–Crippen MR) is 239 cm³/mol. The summed E-state index contributed by atoms with van der Waals surface area (Å²) < 4.78 is 2.46. The van der Waals surface area contributed by atoms with Gasteiger partial charge in [-0.15, -0.1) is 0 Å². The van der Waals surface area contributed by atoms with Crippen molar-refractivity contribution in [3.05, 3.63) is 218 Å². The Balaban J connectivity index is 1.23. The summed E-state index contributed by atoms with van der Waals surface area (Å²) in [5.41, 5.74) is 11.8. The standard InChI is InChI=1S/C54H36N2/c1-4-16-37(17-5-1)39-28-32-42(33-29-39)55(43-34-30-40(31-35-43)38-18-6-2-7-19-38)51-36-49-44-22-10-13-25-47(44)54-53(52(49)46-24-12-11-23-45(46)51)48-26-14-15-27-50(48)56(54)41-20-8-3-9-21-41/h1-36H. The van der Waals surface area contributed by atoms with Crippen LogP contribution in [0.4, 0.5) is 17.1 Å². The number of aromatic nitrogens is 1. The molecule has 0 saturated heterocycles. The second-order valence-corrected chi connectivity index (χ2v) is 14.5. The zero-order valence-corrected chi connectivity index (χ0v) is 30.7. The normalized spacial score (nSPS) is 11.6. The van der Waals surface area contributed by atoms with Gasteiger partial charge in [-0.05, 0) is 86.9 Å². The van der Waals surface area contributed by atoms with E-state index in [0.717, 1.165) is 22.7 Å². The SMILES string of the molecule is c1ccc(-c2ccc(N(c3ccc(-c4ccccc4)cc3)c3cc4c5ccccc5c5c(c6ccccc6n5-c5ccccc5)c4c4ccccc34)cc2)cc1. The van der Waals surface area contributed by atoms with Crippen molar-refractivity contribution < 1.29 is 0 Å². The molecular formula is C54H36N2. The van der Waals surface area contributed by atoms with Gasteiger partial charge in [0, 0.05) is 44.0 Å². The van der Waals surface area contributed by atoms with Crippen molar-refractivity contribution in [3.8, 4) is 27.9 Å². The second kappa shape index (κ2) is 13.2. The summed E-state index contributed by atoms with van der Waals surface area (Å²) in [6, 6.07) is 79.4. The third-order valence-electron chi connectivity index (χ3n) is 11.3. The van der Waals surface area contributed by atoms with Crippen LogP contribution >= 0.6 is 0 Å². The van der Waals surface area contributed by atoms with Crippen LogP contribution in [-0.4, -0.2) is 4.57 Å². The Morgan fingerprint density at radius 1 is 0.304 bits per heavy atom. The molecule has 0 amide bonds. The molecule has 0 unspecified atom stereocenters. The summed E-state index contributed by atoms with van der Waals surface area (Å²) in [4.78, 5) is 2.44. The molecule has 1 heterocycles. The topological polar surface area (TPSA) is 8.17 Å². The molecule has 11 aromatic rings. The van der Waals surface area contributed by atoms with Gasteiger partial charge in [-0.1, -0.05) is 170 Å². The number of fused-ring (bicyclic) bond motifs is 10. The maximum absolute atomic E-state index is 2.46. The lowest BCUT2D eigenvalue weighted by molar-refractivity contribution is 1.19. The number of hydrogen-bond acceptors (Lipinski definition) is 1. The summed E-state index contributed by atoms with van der Waals surface area (Å²) in [5, 5.41) is 9.97. The van der Waals surface area contributed by atoms with Gasteiger partial charge in [-0.25, -0.2) is 0 Å². The molecule has 0 aliphatic heterocycles. The van der Waals surface area contributed by atoms with Crippen molar-refractivity contribution in [3.63, 3.8) is 0 Å². The van der Waals surface area contributed by atoms with E-state index in [9.17, 15) is 0 Å². The number of hydrogen-bond donors (Lipinski definition) is 0. The average molecular weight is 713 g/mol. The fraction of sp³-hybridized carbons (Fsp3) is 0. The van der Waals surface area contributed by atoms with Gasteiger partial charge >= 0.3 is 0 Å². The Bertz CT molecular complexity index is 3120. The van der Waals surface area contributed by atoms with Crippen LogP contribution in [0.25, 0.3) is 82.1 Å². The van der Waals surface area contributed by atoms with E-state index in [2.05, 4.69) is 228 Å². The second-order valence-electron chi connectivity index (χ2n) is 14.5. The largest absolute Gasteiger partial charge is 0.310 e. The minimum atomic E-state index is 1.10. The Morgan fingerprint density at radius 2 is 0.750 bits per heavy atom. The van der Waals surface area contributed by atoms with Crippen LogP contribution < -0.4 is 4.90 Å². The van der Waals surface area contributed by atoms with Crippen LogP contribution in [0.5, 0.6) is 0 Å². The van der Waals surface area contributed by atoms with Gasteiger partial charge in [0.05, 0.1) is 16.7 Å². The van der Waals surface area contributed by atoms with E-state index in [4.69, 9.17) is 0 Å². The molecule has 0 N–H and O–H groups in total. The average Bonchev–Trinajstić information content (AvgIpc) is 3.63. The Morgan fingerprint density at radius 3 is 1.34 bits per heavy atom. The predicted octanol–water partition coefficient (Wildman–Crippen LogP) is 15.0. The molecule has 0 aliphatic rings. The fourth-order valence-electron chi connectivity index (χ4n) is 8.84. The molecule has 262 valence electrons. The van der Waals surface area contributed by atoms with Gasteiger partial charge in [0.25, 0.3) is 0 Å². The molecule has 0 saturated carbocycles. The van der Waals surface area contributed by atoms with Gasteiger partial charge in [0.15, 0.2) is 0 Å². The molecule has 0 radical (unpaired) electrons. The lowest BCUT2D eigenvalue weighted by atomic mass is 9.91. The molecular weight excluding hydrogens is 677 g/mol. The van der Waals surface area contributed by atoms with Crippen molar-refractivity contribution >= 4 is 71.2 Å². The van der Waals surface area contributed by atoms with Crippen molar-refractivity contribution in [2.45, 2.75) is 0 Å². The molecule has 1 aromatic heterocycles. The zero-order valence-electron chi connectivity index (χ0n) is 30.7. The maximum Gasteiger partial charge on any atom is 0.0626 e. The number of benzene rings is 10. The van der Waals surface area contributed by atoms with E-state index in [0.29, 0.717) is 0 Å². The van der Waals surface area contributed by atoms with Crippen LogP contribution in [0.2, 0.25) is 0 Å². The molecule has 0 atom stereocenters. The number of rotatable bonds is 6. The van der Waals surface area contributed by atoms with Crippen molar-refractivity contribution in [1.82, 2.24) is 4.57 Å². The molecule has 0 bridgehead atoms. The first kappa shape index (κ1) is 32.0. The van der Waals surface area contributed by atoms with E-state index < -0.39 is 0 Å². The van der Waals surface area contributed by atoms with E-state index >= 15 is 0 Å². The van der Waals surface area contributed by atoms with E-state index in [1.165, 1.54) is 76.4 Å². The van der Waals surface area contributed by atoms with Crippen LogP contribution in [0.3, 0.4) is 0 Å². The molecule has 0 spiro atoms. The van der Waals surface area contributed by atoms with Crippen LogP contribution in [-0.2, 0) is 0 Å².